The topological polar surface area (TPSA) is 27.3 Å². The van der Waals surface area contributed by atoms with Crippen LogP contribution in [-0.2, 0) is 6.54 Å². The van der Waals surface area contributed by atoms with Gasteiger partial charge in [-0.3, -0.25) is 0 Å². The Morgan fingerprint density at radius 3 is 2.04 bits per heavy atom. The maximum Gasteiger partial charge on any atom is 0.159 e. The number of halogens is 2. The predicted molar refractivity (Wildman–Crippen MR) is 106 cm³/mol. The van der Waals surface area contributed by atoms with E-state index in [1.165, 1.54) is 45.0 Å². The summed E-state index contributed by atoms with van der Waals surface area (Å²) >= 11 is 0. The van der Waals surface area contributed by atoms with Crippen LogP contribution in [0.1, 0.15) is 52.5 Å². The number of benzene rings is 1. The van der Waals surface area contributed by atoms with Crippen LogP contribution >= 0.6 is 0 Å². The highest BCUT2D eigenvalue weighted by Gasteiger charge is 2.01. The first-order chi connectivity index (χ1) is 12.1. The molecule has 0 amide bonds. The van der Waals surface area contributed by atoms with Gasteiger partial charge in [-0.25, -0.2) is 8.78 Å². The highest BCUT2D eigenvalue weighted by atomic mass is 19.2. The fraction of sp³-hybridized carbons (Fsp3) is 0.700. The maximum atomic E-state index is 12.5. The first-order valence-corrected chi connectivity index (χ1v) is 9.54. The van der Waals surface area contributed by atoms with E-state index in [0.717, 1.165) is 18.2 Å². The Bertz CT molecular complexity index is 393. The summed E-state index contributed by atoms with van der Waals surface area (Å²) in [6.45, 7) is 13.9. The third-order valence-corrected chi connectivity index (χ3v) is 3.41. The van der Waals surface area contributed by atoms with Gasteiger partial charge in [0, 0.05) is 19.6 Å². The Morgan fingerprint density at radius 1 is 0.880 bits per heavy atom. The number of likely N-dealkylation sites (N-methyl/N-ethyl adjacent to an activating group) is 1. The second-order valence-electron chi connectivity index (χ2n) is 5.58. The van der Waals surface area contributed by atoms with Gasteiger partial charge in [-0.2, -0.15) is 0 Å². The lowest BCUT2D eigenvalue weighted by molar-refractivity contribution is 0.271. The SMILES string of the molecule is CC.CCCCN(CCC)CCNC.CNCc1ccc(F)c(F)c1. The number of nitrogens with one attached hydrogen (secondary N) is 2. The summed E-state index contributed by atoms with van der Waals surface area (Å²) in [5, 5.41) is 6.03. The molecule has 148 valence electrons. The van der Waals surface area contributed by atoms with Gasteiger partial charge in [-0.1, -0.05) is 40.2 Å². The number of unbranched alkanes of at least 4 members (excludes halogenated alkanes) is 1. The van der Waals surface area contributed by atoms with Gasteiger partial charge in [0.15, 0.2) is 11.6 Å². The molecule has 0 atom stereocenters. The van der Waals surface area contributed by atoms with E-state index in [9.17, 15) is 8.78 Å². The molecule has 1 aromatic rings. The molecule has 0 radical (unpaired) electrons. The van der Waals surface area contributed by atoms with Gasteiger partial charge in [0.2, 0.25) is 0 Å². The zero-order chi connectivity index (χ0) is 19.5. The van der Waals surface area contributed by atoms with Crippen LogP contribution in [0, 0.1) is 11.6 Å². The lowest BCUT2D eigenvalue weighted by Crippen LogP contribution is -2.32. The first-order valence-electron chi connectivity index (χ1n) is 9.54. The van der Waals surface area contributed by atoms with Crippen molar-refractivity contribution in [3.8, 4) is 0 Å². The average molecular weight is 360 g/mol. The van der Waals surface area contributed by atoms with Crippen LogP contribution in [-0.4, -0.2) is 45.2 Å². The molecule has 0 bridgehead atoms. The van der Waals surface area contributed by atoms with Crippen molar-refractivity contribution in [1.82, 2.24) is 15.5 Å². The van der Waals surface area contributed by atoms with E-state index >= 15 is 0 Å². The monoisotopic (exact) mass is 359 g/mol. The van der Waals surface area contributed by atoms with Gasteiger partial charge in [-0.15, -0.1) is 0 Å². The van der Waals surface area contributed by atoms with E-state index in [1.54, 1.807) is 13.1 Å². The summed E-state index contributed by atoms with van der Waals surface area (Å²) in [4.78, 5) is 2.54. The Hall–Kier alpha value is -1.04. The summed E-state index contributed by atoms with van der Waals surface area (Å²) in [6, 6.07) is 3.86. The van der Waals surface area contributed by atoms with E-state index in [-0.39, 0.29) is 0 Å². The molecule has 1 aromatic carbocycles. The number of hydrogen-bond donors (Lipinski definition) is 2. The summed E-state index contributed by atoms with van der Waals surface area (Å²) in [6.07, 6.45) is 3.91. The average Bonchev–Trinajstić information content (AvgIpc) is 2.63. The minimum absolute atomic E-state index is 0.553. The molecule has 1 rings (SSSR count). The highest BCUT2D eigenvalue weighted by molar-refractivity contribution is 5.17. The van der Waals surface area contributed by atoms with Crippen LogP contribution < -0.4 is 10.6 Å². The van der Waals surface area contributed by atoms with Crippen LogP contribution in [0.5, 0.6) is 0 Å². The Balaban J connectivity index is 0. The van der Waals surface area contributed by atoms with Gasteiger partial charge in [0.25, 0.3) is 0 Å². The number of nitrogens with zero attached hydrogens (tertiary/aromatic N) is 1. The van der Waals surface area contributed by atoms with Crippen LogP contribution in [0.3, 0.4) is 0 Å². The van der Waals surface area contributed by atoms with Crippen molar-refractivity contribution in [2.45, 2.75) is 53.5 Å². The minimum atomic E-state index is -0.801. The highest BCUT2D eigenvalue weighted by Crippen LogP contribution is 2.07. The Morgan fingerprint density at radius 2 is 1.56 bits per heavy atom. The second kappa shape index (κ2) is 19.3. The third kappa shape index (κ3) is 15.0. The van der Waals surface area contributed by atoms with E-state index in [4.69, 9.17) is 0 Å². The van der Waals surface area contributed by atoms with Crippen molar-refractivity contribution in [2.75, 3.05) is 40.3 Å². The molecule has 0 saturated heterocycles. The molecule has 3 nitrogen and oxygen atoms in total. The Kier molecular flexibility index (Phi) is 20.2. The molecular formula is C20H39F2N3. The largest absolute Gasteiger partial charge is 0.318 e. The van der Waals surface area contributed by atoms with Crippen molar-refractivity contribution >= 4 is 0 Å². The molecule has 0 heterocycles. The predicted octanol–water partition coefficient (Wildman–Crippen LogP) is 4.43. The van der Waals surface area contributed by atoms with Gasteiger partial charge in [-0.05, 0) is 57.7 Å². The van der Waals surface area contributed by atoms with Crippen LogP contribution in [0.15, 0.2) is 18.2 Å². The van der Waals surface area contributed by atoms with Crippen LogP contribution in [0.25, 0.3) is 0 Å². The fourth-order valence-electron chi connectivity index (χ4n) is 2.16. The molecule has 0 aliphatic heterocycles. The van der Waals surface area contributed by atoms with Crippen molar-refractivity contribution < 1.29 is 8.78 Å². The molecule has 0 saturated carbocycles. The van der Waals surface area contributed by atoms with Gasteiger partial charge in [0.05, 0.1) is 0 Å². The summed E-state index contributed by atoms with van der Waals surface area (Å²) in [5.74, 6) is -1.59. The molecule has 0 aromatic heterocycles. The van der Waals surface area contributed by atoms with Crippen LogP contribution in [0.2, 0.25) is 0 Å². The third-order valence-electron chi connectivity index (χ3n) is 3.41. The standard InChI is InChI=1S/C10H24N2.C8H9F2N.C2H6/c1-4-6-9-12(8-5-2)10-7-11-3;1-11-5-6-2-3-7(9)8(10)4-6;1-2/h11H,4-10H2,1-3H3;2-4,11H,5H2,1H3;1-2H3. The molecule has 0 aliphatic rings. The summed E-state index contributed by atoms with van der Waals surface area (Å²) < 4.78 is 24.8. The summed E-state index contributed by atoms with van der Waals surface area (Å²) in [7, 11) is 3.77. The smallest absolute Gasteiger partial charge is 0.159 e. The second-order valence-corrected chi connectivity index (χ2v) is 5.58. The zero-order valence-electron chi connectivity index (χ0n) is 17.1. The van der Waals surface area contributed by atoms with E-state index < -0.39 is 11.6 Å². The quantitative estimate of drug-likeness (QED) is 0.647. The van der Waals surface area contributed by atoms with Crippen molar-refractivity contribution in [3.63, 3.8) is 0 Å². The summed E-state index contributed by atoms with van der Waals surface area (Å²) in [5.41, 5.74) is 0.742. The molecule has 5 heteroatoms. The Labute approximate surface area is 154 Å². The van der Waals surface area contributed by atoms with Gasteiger partial charge >= 0.3 is 0 Å². The van der Waals surface area contributed by atoms with Crippen molar-refractivity contribution in [2.24, 2.45) is 0 Å². The van der Waals surface area contributed by atoms with E-state index in [1.807, 2.05) is 20.9 Å². The molecule has 0 fully saturated rings. The van der Waals surface area contributed by atoms with Gasteiger partial charge in [0.1, 0.15) is 0 Å². The molecule has 0 aliphatic carbocycles. The normalized spacial score (nSPS) is 9.96. The fourth-order valence-corrected chi connectivity index (χ4v) is 2.16. The van der Waals surface area contributed by atoms with Crippen molar-refractivity contribution in [3.05, 3.63) is 35.4 Å². The minimum Gasteiger partial charge on any atom is -0.318 e. The zero-order valence-corrected chi connectivity index (χ0v) is 17.1. The molecule has 2 N–H and O–H groups in total. The van der Waals surface area contributed by atoms with Gasteiger partial charge < -0.3 is 15.5 Å². The lowest BCUT2D eigenvalue weighted by Gasteiger charge is -2.20. The number of hydrogen-bond acceptors (Lipinski definition) is 3. The molecule has 0 unspecified atom stereocenters. The molecule has 25 heavy (non-hydrogen) atoms. The lowest BCUT2D eigenvalue weighted by atomic mass is 10.2. The number of rotatable bonds is 10. The molecular weight excluding hydrogens is 320 g/mol. The van der Waals surface area contributed by atoms with E-state index in [0.29, 0.717) is 6.54 Å². The molecule has 0 spiro atoms. The van der Waals surface area contributed by atoms with E-state index in [2.05, 4.69) is 29.4 Å². The van der Waals surface area contributed by atoms with Crippen LogP contribution in [0.4, 0.5) is 8.78 Å². The van der Waals surface area contributed by atoms with Crippen molar-refractivity contribution in [1.29, 1.82) is 0 Å². The first kappa shape index (κ1) is 26.2. The maximum absolute atomic E-state index is 12.5.